The van der Waals surface area contributed by atoms with Crippen LogP contribution >= 0.6 is 0 Å². The summed E-state index contributed by atoms with van der Waals surface area (Å²) >= 11 is 0. The standard InChI is InChI=1S/C16H20N2O3/c1-4-20-16(19)13(9-17)10-18-14-6-5-7-15(8-14)21-11-12(2)3/h5-8,10,12,18H,4,11H2,1-3H3/b13-10-. The van der Waals surface area contributed by atoms with E-state index in [0.717, 1.165) is 11.4 Å². The minimum atomic E-state index is -0.639. The van der Waals surface area contributed by atoms with Crippen molar-refractivity contribution < 1.29 is 14.3 Å². The van der Waals surface area contributed by atoms with Crippen molar-refractivity contribution in [3.63, 3.8) is 0 Å². The van der Waals surface area contributed by atoms with Crippen molar-refractivity contribution in [1.29, 1.82) is 5.26 Å². The second-order valence-electron chi connectivity index (χ2n) is 4.77. The molecule has 21 heavy (non-hydrogen) atoms. The Hall–Kier alpha value is -2.48. The van der Waals surface area contributed by atoms with Crippen LogP contribution in [0.5, 0.6) is 5.75 Å². The maximum Gasteiger partial charge on any atom is 0.350 e. The van der Waals surface area contributed by atoms with Gasteiger partial charge in [-0.05, 0) is 25.0 Å². The fourth-order valence-electron chi connectivity index (χ4n) is 1.44. The third-order valence-electron chi connectivity index (χ3n) is 2.42. The molecule has 5 heteroatoms. The molecule has 0 aliphatic rings. The first-order valence-electron chi connectivity index (χ1n) is 6.83. The molecule has 5 nitrogen and oxygen atoms in total. The van der Waals surface area contributed by atoms with Gasteiger partial charge in [0.15, 0.2) is 5.57 Å². The molecule has 1 N–H and O–H groups in total. The lowest BCUT2D eigenvalue weighted by Crippen LogP contribution is -2.08. The number of anilines is 1. The van der Waals surface area contributed by atoms with Crippen molar-refractivity contribution in [3.05, 3.63) is 36.0 Å². The van der Waals surface area contributed by atoms with Gasteiger partial charge in [-0.3, -0.25) is 0 Å². The summed E-state index contributed by atoms with van der Waals surface area (Å²) < 4.78 is 10.4. The van der Waals surface area contributed by atoms with Gasteiger partial charge in [0.2, 0.25) is 0 Å². The van der Waals surface area contributed by atoms with Gasteiger partial charge in [-0.25, -0.2) is 4.79 Å². The Bertz CT molecular complexity index is 545. The average Bonchev–Trinajstić information content (AvgIpc) is 2.46. The molecule has 1 rings (SSSR count). The van der Waals surface area contributed by atoms with Crippen molar-refractivity contribution in [2.24, 2.45) is 5.92 Å². The highest BCUT2D eigenvalue weighted by Crippen LogP contribution is 2.18. The van der Waals surface area contributed by atoms with E-state index in [4.69, 9.17) is 14.7 Å². The molecule has 0 saturated carbocycles. The molecule has 0 saturated heterocycles. The number of carbonyl (C=O) groups excluding carboxylic acids is 1. The molecule has 0 bridgehead atoms. The molecule has 0 spiro atoms. The lowest BCUT2D eigenvalue weighted by Gasteiger charge is -2.10. The Labute approximate surface area is 125 Å². The average molecular weight is 288 g/mol. The van der Waals surface area contributed by atoms with Crippen LogP contribution in [0.4, 0.5) is 5.69 Å². The number of esters is 1. The second-order valence-corrected chi connectivity index (χ2v) is 4.77. The van der Waals surface area contributed by atoms with Crippen molar-refractivity contribution in [2.45, 2.75) is 20.8 Å². The molecule has 0 amide bonds. The van der Waals surface area contributed by atoms with Crippen LogP contribution in [0.2, 0.25) is 0 Å². The Kier molecular flexibility index (Phi) is 6.82. The summed E-state index contributed by atoms with van der Waals surface area (Å²) in [7, 11) is 0. The predicted octanol–water partition coefficient (Wildman–Crippen LogP) is 3.10. The molecular weight excluding hydrogens is 268 g/mol. The number of rotatable bonds is 7. The number of nitrogens with one attached hydrogen (secondary N) is 1. The van der Waals surface area contributed by atoms with Crippen LogP contribution in [-0.2, 0) is 9.53 Å². The van der Waals surface area contributed by atoms with E-state index < -0.39 is 5.97 Å². The molecule has 0 aliphatic heterocycles. The van der Waals surface area contributed by atoms with Crippen LogP contribution in [0.3, 0.4) is 0 Å². The van der Waals surface area contributed by atoms with E-state index in [1.807, 2.05) is 18.2 Å². The summed E-state index contributed by atoms with van der Waals surface area (Å²) in [6.07, 6.45) is 1.33. The van der Waals surface area contributed by atoms with Gasteiger partial charge in [0.05, 0.1) is 13.2 Å². The summed E-state index contributed by atoms with van der Waals surface area (Å²) in [5, 5.41) is 11.8. The molecule has 0 heterocycles. The summed E-state index contributed by atoms with van der Waals surface area (Å²) in [4.78, 5) is 11.5. The maximum absolute atomic E-state index is 11.5. The van der Waals surface area contributed by atoms with Gasteiger partial charge in [0.1, 0.15) is 11.8 Å². The minimum absolute atomic E-state index is 0.0784. The van der Waals surface area contributed by atoms with Crippen LogP contribution < -0.4 is 10.1 Å². The smallest absolute Gasteiger partial charge is 0.350 e. The van der Waals surface area contributed by atoms with E-state index in [1.165, 1.54) is 6.20 Å². The van der Waals surface area contributed by atoms with E-state index in [1.54, 1.807) is 19.1 Å². The molecule has 1 aromatic carbocycles. The molecular formula is C16H20N2O3. The van der Waals surface area contributed by atoms with Gasteiger partial charge < -0.3 is 14.8 Å². The fourth-order valence-corrected chi connectivity index (χ4v) is 1.44. The fraction of sp³-hybridized carbons (Fsp3) is 0.375. The van der Waals surface area contributed by atoms with Crippen molar-refractivity contribution in [3.8, 4) is 11.8 Å². The SMILES string of the molecule is CCOC(=O)/C(C#N)=C\Nc1cccc(OCC(C)C)c1. The monoisotopic (exact) mass is 288 g/mol. The Morgan fingerprint density at radius 1 is 1.48 bits per heavy atom. The van der Waals surface area contributed by atoms with Crippen molar-refractivity contribution in [2.75, 3.05) is 18.5 Å². The third kappa shape index (κ3) is 6.00. The van der Waals surface area contributed by atoms with Gasteiger partial charge in [0, 0.05) is 18.0 Å². The number of benzene rings is 1. The highest BCUT2D eigenvalue weighted by Gasteiger charge is 2.09. The summed E-state index contributed by atoms with van der Waals surface area (Å²) in [6.45, 7) is 6.70. The molecule has 0 unspecified atom stereocenters. The molecule has 0 fully saturated rings. The number of ether oxygens (including phenoxy) is 2. The Morgan fingerprint density at radius 2 is 2.24 bits per heavy atom. The maximum atomic E-state index is 11.5. The zero-order valence-electron chi connectivity index (χ0n) is 12.6. The van der Waals surface area contributed by atoms with Crippen LogP contribution in [0, 0.1) is 17.2 Å². The van der Waals surface area contributed by atoms with Gasteiger partial charge in [-0.15, -0.1) is 0 Å². The second kappa shape index (κ2) is 8.64. The van der Waals surface area contributed by atoms with Gasteiger partial charge in [0.25, 0.3) is 0 Å². The van der Waals surface area contributed by atoms with E-state index >= 15 is 0 Å². The summed E-state index contributed by atoms with van der Waals surface area (Å²) in [5.41, 5.74) is 0.652. The number of nitrogens with zero attached hydrogens (tertiary/aromatic N) is 1. The topological polar surface area (TPSA) is 71.4 Å². The lowest BCUT2D eigenvalue weighted by molar-refractivity contribution is -0.138. The van der Waals surface area contributed by atoms with Crippen molar-refractivity contribution in [1.82, 2.24) is 0 Å². The van der Waals surface area contributed by atoms with Crippen LogP contribution in [0.25, 0.3) is 0 Å². The minimum Gasteiger partial charge on any atom is -0.493 e. The molecule has 112 valence electrons. The Balaban J connectivity index is 2.72. The first-order chi connectivity index (χ1) is 10.1. The van der Waals surface area contributed by atoms with Crippen LogP contribution in [0.15, 0.2) is 36.0 Å². The van der Waals surface area contributed by atoms with Crippen molar-refractivity contribution >= 4 is 11.7 Å². The van der Waals surface area contributed by atoms with Gasteiger partial charge in [-0.2, -0.15) is 5.26 Å². The predicted molar refractivity (Wildman–Crippen MR) is 80.7 cm³/mol. The van der Waals surface area contributed by atoms with Gasteiger partial charge >= 0.3 is 5.97 Å². The first kappa shape index (κ1) is 16.6. The van der Waals surface area contributed by atoms with E-state index in [9.17, 15) is 4.79 Å². The highest BCUT2D eigenvalue weighted by molar-refractivity contribution is 5.93. The zero-order chi connectivity index (χ0) is 15.7. The highest BCUT2D eigenvalue weighted by atomic mass is 16.5. The lowest BCUT2D eigenvalue weighted by atomic mass is 10.2. The van der Waals surface area contributed by atoms with Gasteiger partial charge in [-0.1, -0.05) is 19.9 Å². The number of hydrogen-bond donors (Lipinski definition) is 1. The molecule has 0 atom stereocenters. The van der Waals surface area contributed by atoms with Crippen LogP contribution in [-0.4, -0.2) is 19.2 Å². The molecule has 1 aromatic rings. The molecule has 0 aliphatic carbocycles. The summed E-state index contributed by atoms with van der Waals surface area (Å²) in [6, 6.07) is 9.12. The first-order valence-corrected chi connectivity index (χ1v) is 6.83. The van der Waals surface area contributed by atoms with Crippen LogP contribution in [0.1, 0.15) is 20.8 Å². The normalized spacial score (nSPS) is 10.9. The largest absolute Gasteiger partial charge is 0.493 e. The Morgan fingerprint density at radius 3 is 2.86 bits per heavy atom. The number of hydrogen-bond acceptors (Lipinski definition) is 5. The molecule has 0 radical (unpaired) electrons. The summed E-state index contributed by atoms with van der Waals surface area (Å²) in [5.74, 6) is 0.534. The van der Waals surface area contributed by atoms with E-state index in [0.29, 0.717) is 12.5 Å². The quantitative estimate of drug-likeness (QED) is 0.474. The number of nitriles is 1. The van der Waals surface area contributed by atoms with E-state index in [-0.39, 0.29) is 12.2 Å². The number of carbonyl (C=O) groups is 1. The third-order valence-corrected chi connectivity index (χ3v) is 2.42. The van der Waals surface area contributed by atoms with E-state index in [2.05, 4.69) is 19.2 Å². The molecule has 0 aromatic heterocycles. The zero-order valence-corrected chi connectivity index (χ0v) is 12.6.